The molecule has 0 aromatic carbocycles. The molecule has 17 heavy (non-hydrogen) atoms. The predicted octanol–water partition coefficient (Wildman–Crippen LogP) is 2.17. The van der Waals surface area contributed by atoms with Crippen LogP contribution in [0.3, 0.4) is 0 Å². The summed E-state index contributed by atoms with van der Waals surface area (Å²) in [5, 5.41) is 3.43. The van der Waals surface area contributed by atoms with Crippen LogP contribution in [-0.2, 0) is 4.79 Å². The summed E-state index contributed by atoms with van der Waals surface area (Å²) in [5.41, 5.74) is 0. The number of rotatable bonds is 3. The molecule has 0 bridgehead atoms. The molecular formula is C14H26N2O. The fourth-order valence-electron chi connectivity index (χ4n) is 2.76. The predicted molar refractivity (Wildman–Crippen MR) is 69.8 cm³/mol. The Morgan fingerprint density at radius 1 is 1.18 bits per heavy atom. The van der Waals surface area contributed by atoms with Crippen molar-refractivity contribution < 1.29 is 4.79 Å². The molecule has 0 aromatic rings. The van der Waals surface area contributed by atoms with Crippen LogP contribution in [0.1, 0.15) is 51.9 Å². The molecule has 3 nitrogen and oxygen atoms in total. The fraction of sp³-hybridized carbons (Fsp3) is 0.929. The van der Waals surface area contributed by atoms with E-state index in [1.165, 1.54) is 38.5 Å². The van der Waals surface area contributed by atoms with Gasteiger partial charge in [-0.2, -0.15) is 0 Å². The van der Waals surface area contributed by atoms with E-state index in [1.807, 2.05) is 11.9 Å². The van der Waals surface area contributed by atoms with Crippen LogP contribution in [-0.4, -0.2) is 36.5 Å². The van der Waals surface area contributed by atoms with E-state index in [-0.39, 0.29) is 6.04 Å². The second-order valence-corrected chi connectivity index (χ2v) is 5.74. The zero-order chi connectivity index (χ0) is 12.3. The van der Waals surface area contributed by atoms with Crippen molar-refractivity contribution in [2.45, 2.75) is 64.0 Å². The number of nitrogens with zero attached hydrogens (tertiary/aromatic N) is 1. The van der Waals surface area contributed by atoms with Gasteiger partial charge in [0, 0.05) is 13.1 Å². The maximum Gasteiger partial charge on any atom is 0.239 e. The summed E-state index contributed by atoms with van der Waals surface area (Å²) in [4.78, 5) is 14.4. The summed E-state index contributed by atoms with van der Waals surface area (Å²) >= 11 is 0. The molecule has 1 aliphatic heterocycles. The smallest absolute Gasteiger partial charge is 0.239 e. The van der Waals surface area contributed by atoms with Gasteiger partial charge in [-0.1, -0.05) is 19.3 Å². The summed E-state index contributed by atoms with van der Waals surface area (Å²) in [6, 6.07) is 0.497. The molecule has 2 rings (SSSR count). The van der Waals surface area contributed by atoms with Crippen LogP contribution in [0, 0.1) is 5.92 Å². The van der Waals surface area contributed by atoms with E-state index in [4.69, 9.17) is 0 Å². The first kappa shape index (κ1) is 12.9. The molecule has 98 valence electrons. The molecule has 0 spiro atoms. The highest BCUT2D eigenvalue weighted by Crippen LogP contribution is 2.34. The summed E-state index contributed by atoms with van der Waals surface area (Å²) in [7, 11) is 1.98. The van der Waals surface area contributed by atoms with E-state index in [0.29, 0.717) is 11.9 Å². The normalized spacial score (nSPS) is 28.0. The Hall–Kier alpha value is -0.570. The van der Waals surface area contributed by atoms with Crippen molar-refractivity contribution in [3.05, 3.63) is 0 Å². The molecule has 1 aliphatic carbocycles. The quantitative estimate of drug-likeness (QED) is 0.817. The van der Waals surface area contributed by atoms with Crippen LogP contribution in [0.15, 0.2) is 0 Å². The van der Waals surface area contributed by atoms with Gasteiger partial charge in [-0.15, -0.1) is 0 Å². The first-order chi connectivity index (χ1) is 8.20. The molecule has 1 heterocycles. The van der Waals surface area contributed by atoms with Gasteiger partial charge in [0.25, 0.3) is 0 Å². The van der Waals surface area contributed by atoms with E-state index in [9.17, 15) is 4.79 Å². The third-order valence-electron chi connectivity index (χ3n) is 4.37. The van der Waals surface area contributed by atoms with Crippen molar-refractivity contribution in [2.75, 3.05) is 13.6 Å². The lowest BCUT2D eigenvalue weighted by molar-refractivity contribution is -0.134. The minimum Gasteiger partial charge on any atom is -0.341 e. The molecule has 1 N–H and O–H groups in total. The summed E-state index contributed by atoms with van der Waals surface area (Å²) < 4.78 is 0. The maximum absolute atomic E-state index is 12.4. The van der Waals surface area contributed by atoms with E-state index < -0.39 is 0 Å². The Morgan fingerprint density at radius 3 is 2.59 bits per heavy atom. The van der Waals surface area contributed by atoms with Crippen LogP contribution < -0.4 is 5.32 Å². The Labute approximate surface area is 105 Å². The van der Waals surface area contributed by atoms with E-state index in [2.05, 4.69) is 12.2 Å². The number of carbonyl (C=O) groups is 1. The Kier molecular flexibility index (Phi) is 4.43. The van der Waals surface area contributed by atoms with Crippen LogP contribution in [0.4, 0.5) is 0 Å². The lowest BCUT2D eigenvalue weighted by Gasteiger charge is -2.30. The van der Waals surface area contributed by atoms with Crippen LogP contribution in [0.5, 0.6) is 0 Å². The van der Waals surface area contributed by atoms with E-state index in [0.717, 1.165) is 18.9 Å². The molecule has 2 unspecified atom stereocenters. The van der Waals surface area contributed by atoms with Crippen molar-refractivity contribution in [3.63, 3.8) is 0 Å². The number of hydrogen-bond donors (Lipinski definition) is 1. The summed E-state index contributed by atoms with van der Waals surface area (Å²) in [6.07, 6.45) is 8.62. The van der Waals surface area contributed by atoms with Gasteiger partial charge < -0.3 is 10.2 Å². The molecule has 2 fully saturated rings. The van der Waals surface area contributed by atoms with Crippen molar-refractivity contribution in [1.29, 1.82) is 0 Å². The molecule has 0 aromatic heterocycles. The van der Waals surface area contributed by atoms with Gasteiger partial charge in [0.15, 0.2) is 0 Å². The van der Waals surface area contributed by atoms with Crippen LogP contribution >= 0.6 is 0 Å². The number of nitrogens with one attached hydrogen (secondary N) is 1. The third kappa shape index (κ3) is 3.44. The molecule has 2 atom stereocenters. The lowest BCUT2D eigenvalue weighted by atomic mass is 10.0. The van der Waals surface area contributed by atoms with Gasteiger partial charge in [0.05, 0.1) is 6.04 Å². The largest absolute Gasteiger partial charge is 0.341 e. The second-order valence-electron chi connectivity index (χ2n) is 5.74. The van der Waals surface area contributed by atoms with Crippen molar-refractivity contribution >= 4 is 5.91 Å². The Morgan fingerprint density at radius 2 is 1.88 bits per heavy atom. The van der Waals surface area contributed by atoms with Crippen molar-refractivity contribution in [1.82, 2.24) is 10.2 Å². The standard InChI is InChI=1S/C14H26N2O/c1-11(12-8-9-12)16(2)14(17)13-7-5-3-4-6-10-15-13/h11-13,15H,3-10H2,1-2H3. The number of hydrogen-bond acceptors (Lipinski definition) is 2. The number of amides is 1. The van der Waals surface area contributed by atoms with Crippen LogP contribution in [0.2, 0.25) is 0 Å². The minimum atomic E-state index is 0.0708. The van der Waals surface area contributed by atoms with Gasteiger partial charge in [0.2, 0.25) is 5.91 Å². The highest BCUT2D eigenvalue weighted by Gasteiger charge is 2.34. The monoisotopic (exact) mass is 238 g/mol. The molecule has 3 heteroatoms. The van der Waals surface area contributed by atoms with Crippen molar-refractivity contribution in [2.24, 2.45) is 5.92 Å². The molecular weight excluding hydrogens is 212 g/mol. The molecule has 1 saturated carbocycles. The van der Waals surface area contributed by atoms with Gasteiger partial charge >= 0.3 is 0 Å². The third-order valence-corrected chi connectivity index (χ3v) is 4.37. The fourth-order valence-corrected chi connectivity index (χ4v) is 2.76. The van der Waals surface area contributed by atoms with E-state index >= 15 is 0 Å². The second kappa shape index (κ2) is 5.85. The Balaban J connectivity index is 1.87. The van der Waals surface area contributed by atoms with Gasteiger partial charge in [-0.25, -0.2) is 0 Å². The molecule has 1 saturated heterocycles. The average molecular weight is 238 g/mol. The van der Waals surface area contributed by atoms with Gasteiger partial charge in [-0.3, -0.25) is 4.79 Å². The first-order valence-corrected chi connectivity index (χ1v) is 7.20. The zero-order valence-corrected chi connectivity index (χ0v) is 11.2. The van der Waals surface area contributed by atoms with Crippen LogP contribution in [0.25, 0.3) is 0 Å². The Bertz CT molecular complexity index is 255. The molecule has 1 amide bonds. The average Bonchev–Trinajstić information content (AvgIpc) is 3.09. The molecule has 2 aliphatic rings. The summed E-state index contributed by atoms with van der Waals surface area (Å²) in [5.74, 6) is 1.07. The van der Waals surface area contributed by atoms with E-state index in [1.54, 1.807) is 0 Å². The number of likely N-dealkylation sites (N-methyl/N-ethyl adjacent to an activating group) is 1. The molecule has 0 radical (unpaired) electrons. The number of carbonyl (C=O) groups excluding carboxylic acids is 1. The SMILES string of the molecule is CC(C1CC1)N(C)C(=O)C1CCCCCCN1. The van der Waals surface area contributed by atoms with Gasteiger partial charge in [-0.05, 0) is 45.1 Å². The van der Waals surface area contributed by atoms with Gasteiger partial charge in [0.1, 0.15) is 0 Å². The highest BCUT2D eigenvalue weighted by atomic mass is 16.2. The lowest BCUT2D eigenvalue weighted by Crippen LogP contribution is -2.49. The minimum absolute atomic E-state index is 0.0708. The zero-order valence-electron chi connectivity index (χ0n) is 11.2. The highest BCUT2D eigenvalue weighted by molar-refractivity contribution is 5.82. The topological polar surface area (TPSA) is 32.3 Å². The summed E-state index contributed by atoms with van der Waals surface area (Å²) in [6.45, 7) is 3.19. The first-order valence-electron chi connectivity index (χ1n) is 7.20. The van der Waals surface area contributed by atoms with Crippen molar-refractivity contribution in [3.8, 4) is 0 Å². The maximum atomic E-state index is 12.4.